The SMILES string of the molecule is CCNC(=NCC(O)COc1cccc(C)c1)NC1CCN(c2ccc(C)cn2)CC1.I. The molecule has 0 spiro atoms. The number of aliphatic hydroxyl groups is 1. The number of halogens is 1. The van der Waals surface area contributed by atoms with E-state index < -0.39 is 6.10 Å². The molecular weight excluding hydrogens is 517 g/mol. The van der Waals surface area contributed by atoms with E-state index in [1.807, 2.05) is 44.3 Å². The molecule has 7 nitrogen and oxygen atoms in total. The second-order valence-electron chi connectivity index (χ2n) is 8.10. The van der Waals surface area contributed by atoms with E-state index in [2.05, 4.69) is 44.6 Å². The Morgan fingerprint density at radius 1 is 1.22 bits per heavy atom. The lowest BCUT2D eigenvalue weighted by atomic mass is 10.1. The summed E-state index contributed by atoms with van der Waals surface area (Å²) in [5.74, 6) is 2.55. The van der Waals surface area contributed by atoms with Crippen LogP contribution in [0.15, 0.2) is 47.6 Å². The number of nitrogens with one attached hydrogen (secondary N) is 2. The normalized spacial score (nSPS) is 15.6. The molecule has 3 N–H and O–H groups in total. The Bertz CT molecular complexity index is 839. The third-order valence-electron chi connectivity index (χ3n) is 5.29. The van der Waals surface area contributed by atoms with Crippen LogP contribution in [0.25, 0.3) is 0 Å². The topological polar surface area (TPSA) is 82.0 Å². The fourth-order valence-electron chi connectivity index (χ4n) is 3.56. The number of aromatic nitrogens is 1. The standard InChI is InChI=1S/C24H35N5O2.HI/c1-4-25-24(27-16-21(30)17-31-22-7-5-6-18(2)14-22)28-20-10-12-29(13-11-20)23-9-8-19(3)15-26-23;/h5-9,14-15,20-21,30H,4,10-13,16-17H2,1-3H3,(H2,25,27,28);1H. The van der Waals surface area contributed by atoms with Gasteiger partial charge in [-0.1, -0.05) is 18.2 Å². The fourth-order valence-corrected chi connectivity index (χ4v) is 3.56. The number of aliphatic hydroxyl groups excluding tert-OH is 1. The zero-order chi connectivity index (χ0) is 22.1. The molecule has 1 saturated heterocycles. The highest BCUT2D eigenvalue weighted by atomic mass is 127. The number of hydrogen-bond donors (Lipinski definition) is 3. The maximum absolute atomic E-state index is 10.3. The highest BCUT2D eigenvalue weighted by molar-refractivity contribution is 14.0. The van der Waals surface area contributed by atoms with Crippen molar-refractivity contribution in [1.29, 1.82) is 0 Å². The molecule has 2 aromatic rings. The van der Waals surface area contributed by atoms with Crippen LogP contribution >= 0.6 is 24.0 Å². The summed E-state index contributed by atoms with van der Waals surface area (Å²) < 4.78 is 5.68. The van der Waals surface area contributed by atoms with E-state index in [0.29, 0.717) is 6.04 Å². The molecule has 0 aliphatic carbocycles. The monoisotopic (exact) mass is 553 g/mol. The quantitative estimate of drug-likeness (QED) is 0.265. The Morgan fingerprint density at radius 3 is 2.66 bits per heavy atom. The first-order valence-corrected chi connectivity index (χ1v) is 11.1. The van der Waals surface area contributed by atoms with Gasteiger partial charge in [-0.25, -0.2) is 4.98 Å². The Labute approximate surface area is 208 Å². The summed E-state index contributed by atoms with van der Waals surface area (Å²) in [5, 5.41) is 17.1. The summed E-state index contributed by atoms with van der Waals surface area (Å²) in [4.78, 5) is 11.4. The van der Waals surface area contributed by atoms with Gasteiger partial charge in [0.15, 0.2) is 5.96 Å². The van der Waals surface area contributed by atoms with Crippen LogP contribution in [0.2, 0.25) is 0 Å². The number of aliphatic imine (C=N–C) groups is 1. The van der Waals surface area contributed by atoms with E-state index in [9.17, 15) is 5.11 Å². The molecule has 32 heavy (non-hydrogen) atoms. The first kappa shape index (κ1) is 26.2. The predicted octanol–water partition coefficient (Wildman–Crippen LogP) is 3.28. The van der Waals surface area contributed by atoms with E-state index in [4.69, 9.17) is 4.74 Å². The van der Waals surface area contributed by atoms with E-state index in [0.717, 1.165) is 55.6 Å². The second-order valence-corrected chi connectivity index (χ2v) is 8.10. The summed E-state index contributed by atoms with van der Waals surface area (Å²) in [7, 11) is 0. The van der Waals surface area contributed by atoms with Crippen LogP contribution in [0.1, 0.15) is 30.9 Å². The fraction of sp³-hybridized carbons (Fsp3) is 0.500. The molecule has 1 atom stereocenters. The molecule has 0 amide bonds. The number of anilines is 1. The Morgan fingerprint density at radius 2 is 2.00 bits per heavy atom. The molecule has 0 bridgehead atoms. The van der Waals surface area contributed by atoms with Crippen LogP contribution in [-0.4, -0.2) is 61.0 Å². The van der Waals surface area contributed by atoms with E-state index in [-0.39, 0.29) is 37.1 Å². The lowest BCUT2D eigenvalue weighted by Crippen LogP contribution is -2.49. The summed E-state index contributed by atoms with van der Waals surface area (Å²) in [5.41, 5.74) is 2.31. The average Bonchev–Trinajstić information content (AvgIpc) is 2.77. The molecule has 1 aromatic heterocycles. The molecule has 1 aromatic carbocycles. The first-order chi connectivity index (χ1) is 15.0. The van der Waals surface area contributed by atoms with Crippen molar-refractivity contribution in [3.63, 3.8) is 0 Å². The van der Waals surface area contributed by atoms with E-state index >= 15 is 0 Å². The number of hydrogen-bond acceptors (Lipinski definition) is 5. The number of benzene rings is 1. The Kier molecular flexibility index (Phi) is 11.0. The molecule has 1 unspecified atom stereocenters. The molecule has 2 heterocycles. The highest BCUT2D eigenvalue weighted by Gasteiger charge is 2.21. The number of rotatable bonds is 8. The number of guanidine groups is 1. The molecule has 0 saturated carbocycles. The van der Waals surface area contributed by atoms with Crippen molar-refractivity contribution in [2.24, 2.45) is 4.99 Å². The largest absolute Gasteiger partial charge is 0.491 e. The zero-order valence-corrected chi connectivity index (χ0v) is 21.6. The maximum Gasteiger partial charge on any atom is 0.191 e. The zero-order valence-electron chi connectivity index (χ0n) is 19.3. The van der Waals surface area contributed by atoms with Gasteiger partial charge < -0.3 is 25.4 Å². The van der Waals surface area contributed by atoms with Crippen LogP contribution in [0.3, 0.4) is 0 Å². The summed E-state index contributed by atoms with van der Waals surface area (Å²) in [6.07, 6.45) is 3.28. The first-order valence-electron chi connectivity index (χ1n) is 11.1. The summed E-state index contributed by atoms with van der Waals surface area (Å²) in [6, 6.07) is 12.4. The van der Waals surface area contributed by atoms with Gasteiger partial charge in [0.05, 0.1) is 6.54 Å². The van der Waals surface area contributed by atoms with Crippen molar-refractivity contribution < 1.29 is 9.84 Å². The van der Waals surface area contributed by atoms with Crippen LogP contribution in [-0.2, 0) is 0 Å². The summed E-state index contributed by atoms with van der Waals surface area (Å²) in [6.45, 7) is 9.31. The third-order valence-corrected chi connectivity index (χ3v) is 5.29. The van der Waals surface area contributed by atoms with Crippen LogP contribution < -0.4 is 20.3 Å². The highest BCUT2D eigenvalue weighted by Crippen LogP contribution is 2.18. The van der Waals surface area contributed by atoms with Crippen LogP contribution in [0.4, 0.5) is 5.82 Å². The van der Waals surface area contributed by atoms with E-state index in [1.54, 1.807) is 0 Å². The molecule has 8 heteroatoms. The van der Waals surface area contributed by atoms with Gasteiger partial charge >= 0.3 is 0 Å². The predicted molar refractivity (Wildman–Crippen MR) is 141 cm³/mol. The lowest BCUT2D eigenvalue weighted by molar-refractivity contribution is 0.114. The third kappa shape index (κ3) is 8.46. The minimum absolute atomic E-state index is 0. The van der Waals surface area contributed by atoms with Gasteiger partial charge in [0.25, 0.3) is 0 Å². The molecule has 1 aliphatic heterocycles. The van der Waals surface area contributed by atoms with Gasteiger partial charge in [0, 0.05) is 31.9 Å². The minimum atomic E-state index is -0.662. The van der Waals surface area contributed by atoms with Crippen molar-refractivity contribution in [3.05, 3.63) is 53.7 Å². The summed E-state index contributed by atoms with van der Waals surface area (Å²) >= 11 is 0. The lowest BCUT2D eigenvalue weighted by Gasteiger charge is -2.34. The molecule has 1 aliphatic rings. The van der Waals surface area contributed by atoms with Gasteiger partial charge in [-0.15, -0.1) is 24.0 Å². The molecular formula is C24H36IN5O2. The number of pyridine rings is 1. The van der Waals surface area contributed by atoms with Gasteiger partial charge in [0.1, 0.15) is 24.3 Å². The van der Waals surface area contributed by atoms with Crippen LogP contribution in [0, 0.1) is 13.8 Å². The molecule has 1 fully saturated rings. The van der Waals surface area contributed by atoms with Gasteiger partial charge in [0.2, 0.25) is 0 Å². The van der Waals surface area contributed by atoms with Gasteiger partial charge in [-0.2, -0.15) is 0 Å². The van der Waals surface area contributed by atoms with Crippen molar-refractivity contribution in [2.45, 2.75) is 45.8 Å². The van der Waals surface area contributed by atoms with Crippen molar-refractivity contribution in [3.8, 4) is 5.75 Å². The number of aryl methyl sites for hydroxylation is 2. The second kappa shape index (κ2) is 13.5. The van der Waals surface area contributed by atoms with Crippen molar-refractivity contribution in [2.75, 3.05) is 37.7 Å². The Hall–Kier alpha value is -2.07. The van der Waals surface area contributed by atoms with Crippen LogP contribution in [0.5, 0.6) is 5.75 Å². The number of piperidine rings is 1. The minimum Gasteiger partial charge on any atom is -0.491 e. The number of ether oxygens (including phenoxy) is 1. The Balaban J connectivity index is 0.00000363. The average molecular weight is 553 g/mol. The molecule has 3 rings (SSSR count). The van der Waals surface area contributed by atoms with Crippen molar-refractivity contribution in [1.82, 2.24) is 15.6 Å². The smallest absolute Gasteiger partial charge is 0.191 e. The van der Waals surface area contributed by atoms with E-state index in [1.165, 1.54) is 5.56 Å². The maximum atomic E-state index is 10.3. The van der Waals surface area contributed by atoms with Gasteiger partial charge in [-0.05, 0) is 62.9 Å². The number of nitrogens with zero attached hydrogens (tertiary/aromatic N) is 3. The molecule has 0 radical (unpaired) electrons. The van der Waals surface area contributed by atoms with Crippen molar-refractivity contribution >= 4 is 35.8 Å². The van der Waals surface area contributed by atoms with Gasteiger partial charge in [-0.3, -0.25) is 4.99 Å². The molecule has 176 valence electrons.